The molecule has 3 rings (SSSR count). The topological polar surface area (TPSA) is 46.6 Å². The van der Waals surface area contributed by atoms with Crippen LogP contribution in [0.3, 0.4) is 0 Å². The molecule has 1 saturated heterocycles. The summed E-state index contributed by atoms with van der Waals surface area (Å²) < 4.78 is 7.29. The van der Waals surface area contributed by atoms with Crippen molar-refractivity contribution in [3.8, 4) is 18.1 Å². The third kappa shape index (κ3) is 4.62. The quantitative estimate of drug-likeness (QED) is 0.246. The Morgan fingerprint density at radius 3 is 2.56 bits per heavy atom. The van der Waals surface area contributed by atoms with Gasteiger partial charge in [-0.1, -0.05) is 23.6 Å². The highest BCUT2D eigenvalue weighted by atomic mass is 127. The van der Waals surface area contributed by atoms with Crippen LogP contribution in [-0.4, -0.2) is 17.8 Å². The Morgan fingerprint density at radius 2 is 1.93 bits per heavy atom. The first kappa shape index (κ1) is 20.5. The number of carbonyl (C=O) groups excluding carboxylic acids is 2. The van der Waals surface area contributed by atoms with E-state index >= 15 is 0 Å². The van der Waals surface area contributed by atoms with Gasteiger partial charge in [0, 0.05) is 5.02 Å². The second kappa shape index (κ2) is 8.86. The standard InChI is InChI=1S/C19H10ClI2NO3S/c1-2-6-26-17-14(21)7-11(8-15(17)22)9-16-18(24)23(19(25)27-16)13-5-3-4-12(20)10-13/h1,3-5,7-10H,6H2/b16-9+. The molecule has 0 aliphatic carbocycles. The van der Waals surface area contributed by atoms with E-state index in [1.165, 1.54) is 0 Å². The van der Waals surface area contributed by atoms with Gasteiger partial charge in [-0.25, -0.2) is 4.90 Å². The lowest BCUT2D eigenvalue weighted by molar-refractivity contribution is -0.113. The zero-order valence-corrected chi connectivity index (χ0v) is 19.4. The minimum Gasteiger partial charge on any atom is -0.479 e. The van der Waals surface area contributed by atoms with E-state index in [4.69, 9.17) is 22.8 Å². The number of hydrogen-bond acceptors (Lipinski definition) is 4. The number of carbonyl (C=O) groups is 2. The number of nitrogens with zero attached hydrogens (tertiary/aromatic N) is 1. The predicted molar refractivity (Wildman–Crippen MR) is 126 cm³/mol. The van der Waals surface area contributed by atoms with Crippen molar-refractivity contribution in [3.05, 3.63) is 59.0 Å². The molecule has 0 spiro atoms. The van der Waals surface area contributed by atoms with Crippen LogP contribution in [0.1, 0.15) is 5.56 Å². The number of terminal acetylenes is 1. The number of imide groups is 1. The lowest BCUT2D eigenvalue weighted by Gasteiger charge is -2.12. The number of halogens is 3. The molecule has 1 aliphatic rings. The van der Waals surface area contributed by atoms with Crippen LogP contribution in [0.5, 0.6) is 5.75 Å². The summed E-state index contributed by atoms with van der Waals surface area (Å²) in [7, 11) is 0. The van der Waals surface area contributed by atoms with Crippen LogP contribution in [0.15, 0.2) is 41.3 Å². The first-order valence-corrected chi connectivity index (χ1v) is 10.8. The summed E-state index contributed by atoms with van der Waals surface area (Å²) >= 11 is 11.2. The second-order valence-electron chi connectivity index (χ2n) is 5.30. The first-order valence-electron chi connectivity index (χ1n) is 7.49. The van der Waals surface area contributed by atoms with Crippen LogP contribution < -0.4 is 9.64 Å². The number of thioether (sulfide) groups is 1. The van der Waals surface area contributed by atoms with Crippen molar-refractivity contribution >= 4 is 91.5 Å². The zero-order chi connectivity index (χ0) is 19.6. The van der Waals surface area contributed by atoms with E-state index in [-0.39, 0.29) is 17.8 Å². The maximum atomic E-state index is 12.7. The molecule has 0 aromatic heterocycles. The third-order valence-electron chi connectivity index (χ3n) is 3.48. The third-order valence-corrected chi connectivity index (χ3v) is 6.19. The summed E-state index contributed by atoms with van der Waals surface area (Å²) in [4.78, 5) is 26.6. The van der Waals surface area contributed by atoms with Gasteiger partial charge in [0.25, 0.3) is 11.1 Å². The van der Waals surface area contributed by atoms with E-state index in [0.29, 0.717) is 21.4 Å². The van der Waals surface area contributed by atoms with Gasteiger partial charge in [-0.15, -0.1) is 6.42 Å². The molecule has 1 heterocycles. The average Bonchev–Trinajstić information content (AvgIpc) is 2.88. The van der Waals surface area contributed by atoms with E-state index in [9.17, 15) is 9.59 Å². The van der Waals surface area contributed by atoms with Crippen molar-refractivity contribution in [2.45, 2.75) is 0 Å². The summed E-state index contributed by atoms with van der Waals surface area (Å²) in [6, 6.07) is 10.4. The Bertz CT molecular complexity index is 993. The molecule has 1 aliphatic heterocycles. The first-order chi connectivity index (χ1) is 12.9. The average molecular weight is 622 g/mol. The molecule has 27 heavy (non-hydrogen) atoms. The largest absolute Gasteiger partial charge is 0.479 e. The Balaban J connectivity index is 1.91. The van der Waals surface area contributed by atoms with Gasteiger partial charge in [0.2, 0.25) is 0 Å². The van der Waals surface area contributed by atoms with Gasteiger partial charge in [-0.2, -0.15) is 0 Å². The van der Waals surface area contributed by atoms with E-state index in [1.807, 2.05) is 12.1 Å². The van der Waals surface area contributed by atoms with Crippen molar-refractivity contribution in [2.24, 2.45) is 0 Å². The summed E-state index contributed by atoms with van der Waals surface area (Å²) in [5.41, 5.74) is 1.25. The molecule has 2 aromatic rings. The molecule has 0 bridgehead atoms. The van der Waals surface area contributed by atoms with Crippen molar-refractivity contribution in [3.63, 3.8) is 0 Å². The van der Waals surface area contributed by atoms with Crippen LogP contribution in [0, 0.1) is 19.5 Å². The summed E-state index contributed by atoms with van der Waals surface area (Å²) in [5.74, 6) is 2.77. The molecule has 136 valence electrons. The number of rotatable bonds is 4. The highest BCUT2D eigenvalue weighted by molar-refractivity contribution is 14.1. The minimum absolute atomic E-state index is 0.184. The second-order valence-corrected chi connectivity index (χ2v) is 9.06. The molecule has 0 N–H and O–H groups in total. The molecule has 2 amide bonds. The molecular weight excluding hydrogens is 612 g/mol. The van der Waals surface area contributed by atoms with E-state index < -0.39 is 0 Å². The van der Waals surface area contributed by atoms with Crippen molar-refractivity contribution < 1.29 is 14.3 Å². The minimum atomic E-state index is -0.370. The van der Waals surface area contributed by atoms with Crippen molar-refractivity contribution in [1.82, 2.24) is 0 Å². The normalized spacial score (nSPS) is 15.3. The van der Waals surface area contributed by atoms with Gasteiger partial charge < -0.3 is 4.74 Å². The Morgan fingerprint density at radius 1 is 1.22 bits per heavy atom. The van der Waals surface area contributed by atoms with Gasteiger partial charge >= 0.3 is 0 Å². The number of anilines is 1. The fraction of sp³-hybridized carbons (Fsp3) is 0.0526. The van der Waals surface area contributed by atoms with Crippen LogP contribution in [-0.2, 0) is 4.79 Å². The molecular formula is C19H10ClI2NO3S. The van der Waals surface area contributed by atoms with Crippen LogP contribution in [0.2, 0.25) is 5.02 Å². The lowest BCUT2D eigenvalue weighted by atomic mass is 10.2. The van der Waals surface area contributed by atoms with Crippen LogP contribution >= 0.6 is 68.5 Å². The van der Waals surface area contributed by atoms with Gasteiger partial charge in [-0.05, 0) is 98.9 Å². The van der Waals surface area contributed by atoms with Gasteiger partial charge in [0.15, 0.2) is 0 Å². The molecule has 0 radical (unpaired) electrons. The SMILES string of the molecule is C#CCOc1c(I)cc(/C=C2/SC(=O)N(c3cccc(Cl)c3)C2=O)cc1I. The van der Waals surface area contributed by atoms with Gasteiger partial charge in [0.05, 0.1) is 17.7 Å². The highest BCUT2D eigenvalue weighted by Gasteiger charge is 2.36. The summed E-state index contributed by atoms with van der Waals surface area (Å²) in [5, 5.41) is 0.106. The maximum Gasteiger partial charge on any atom is 0.298 e. The zero-order valence-electron chi connectivity index (χ0n) is 13.5. The smallest absolute Gasteiger partial charge is 0.298 e. The van der Waals surface area contributed by atoms with E-state index in [1.54, 1.807) is 30.3 Å². The van der Waals surface area contributed by atoms with Crippen LogP contribution in [0.25, 0.3) is 6.08 Å². The maximum absolute atomic E-state index is 12.7. The fourth-order valence-electron chi connectivity index (χ4n) is 2.37. The number of amides is 2. The molecule has 0 saturated carbocycles. The lowest BCUT2D eigenvalue weighted by Crippen LogP contribution is -2.27. The number of ether oxygens (including phenoxy) is 1. The van der Waals surface area contributed by atoms with Gasteiger partial charge in [-0.3, -0.25) is 9.59 Å². The molecule has 0 atom stereocenters. The molecule has 1 fully saturated rings. The van der Waals surface area contributed by atoms with Crippen molar-refractivity contribution in [2.75, 3.05) is 11.5 Å². The Kier molecular flexibility index (Phi) is 6.73. The highest BCUT2D eigenvalue weighted by Crippen LogP contribution is 2.37. The summed E-state index contributed by atoms with van der Waals surface area (Å²) in [6.07, 6.45) is 6.94. The molecule has 2 aromatic carbocycles. The summed E-state index contributed by atoms with van der Waals surface area (Å²) in [6.45, 7) is 0.184. The monoisotopic (exact) mass is 621 g/mol. The predicted octanol–water partition coefficient (Wildman–Crippen LogP) is 5.80. The Hall–Kier alpha value is -1.22. The molecule has 0 unspecified atom stereocenters. The van der Waals surface area contributed by atoms with E-state index in [2.05, 4.69) is 51.1 Å². The number of hydrogen-bond donors (Lipinski definition) is 0. The van der Waals surface area contributed by atoms with Crippen molar-refractivity contribution in [1.29, 1.82) is 0 Å². The number of benzene rings is 2. The molecule has 8 heteroatoms. The fourth-order valence-corrected chi connectivity index (χ4v) is 5.53. The van der Waals surface area contributed by atoms with Gasteiger partial charge in [0.1, 0.15) is 12.4 Å². The Labute approximate surface area is 192 Å². The van der Waals surface area contributed by atoms with E-state index in [0.717, 1.165) is 29.4 Å². The molecule has 4 nitrogen and oxygen atoms in total. The van der Waals surface area contributed by atoms with Crippen LogP contribution in [0.4, 0.5) is 10.5 Å².